The van der Waals surface area contributed by atoms with Gasteiger partial charge in [-0.3, -0.25) is 4.79 Å². The fourth-order valence-corrected chi connectivity index (χ4v) is 4.72. The molecule has 5 rings (SSSR count). The Hall–Kier alpha value is -4.43. The summed E-state index contributed by atoms with van der Waals surface area (Å²) in [6.45, 7) is -1.55. The summed E-state index contributed by atoms with van der Waals surface area (Å²) in [6, 6.07) is 8.15. The lowest BCUT2D eigenvalue weighted by Gasteiger charge is -2.31. The Labute approximate surface area is 241 Å². The number of aliphatic hydroxyl groups excluding tert-OH is 1. The van der Waals surface area contributed by atoms with Crippen LogP contribution in [0.1, 0.15) is 34.4 Å². The third-order valence-corrected chi connectivity index (χ3v) is 7.29. The van der Waals surface area contributed by atoms with Gasteiger partial charge in [0.25, 0.3) is 5.91 Å². The highest BCUT2D eigenvalue weighted by Crippen LogP contribution is 2.48. The van der Waals surface area contributed by atoms with E-state index in [1.54, 1.807) is 0 Å². The van der Waals surface area contributed by atoms with Crippen molar-refractivity contribution in [3.05, 3.63) is 77.1 Å². The third kappa shape index (κ3) is 5.31. The molecule has 3 N–H and O–H groups in total. The molecule has 1 amide bonds. The van der Waals surface area contributed by atoms with Crippen LogP contribution >= 0.6 is 0 Å². The van der Waals surface area contributed by atoms with Crippen LogP contribution in [0.3, 0.4) is 0 Å². The molecule has 1 aliphatic heterocycles. The molecular weight excluding hydrogens is 579 g/mol. The Balaban J connectivity index is 1.55. The molecule has 14 heteroatoms. The lowest BCUT2D eigenvalue weighted by molar-refractivity contribution is -0.265. The lowest BCUT2D eigenvalue weighted by Crippen LogP contribution is -2.51. The number of fused-ring (bicyclic) bond motifs is 2. The summed E-state index contributed by atoms with van der Waals surface area (Å²) in [5.41, 5.74) is -5.80. The summed E-state index contributed by atoms with van der Waals surface area (Å²) in [7, 11) is 1.30. The number of benzene rings is 2. The van der Waals surface area contributed by atoms with Gasteiger partial charge in [0, 0.05) is 28.3 Å². The van der Waals surface area contributed by atoms with Gasteiger partial charge in [0.2, 0.25) is 5.60 Å². The predicted molar refractivity (Wildman–Crippen MR) is 143 cm³/mol. The van der Waals surface area contributed by atoms with E-state index in [4.69, 9.17) is 9.47 Å². The highest BCUT2D eigenvalue weighted by Gasteiger charge is 2.57. The van der Waals surface area contributed by atoms with Crippen LogP contribution in [0, 0.1) is 5.82 Å². The second-order valence-corrected chi connectivity index (χ2v) is 10.3. The number of hydrogen-bond acceptors (Lipinski definition) is 8. The molecule has 0 aliphatic carbocycles. The van der Waals surface area contributed by atoms with Crippen LogP contribution in [0.4, 0.5) is 22.0 Å². The van der Waals surface area contributed by atoms with Crippen molar-refractivity contribution in [1.82, 2.24) is 20.3 Å². The van der Waals surface area contributed by atoms with E-state index in [0.29, 0.717) is 5.39 Å². The van der Waals surface area contributed by atoms with E-state index in [0.717, 1.165) is 18.2 Å². The number of rotatable bonds is 8. The number of pyridine rings is 1. The number of alkyl halides is 4. The molecule has 2 aromatic carbocycles. The molecule has 0 spiro atoms. The molecule has 4 aromatic rings. The summed E-state index contributed by atoms with van der Waals surface area (Å²) in [5.74, 6) is -1.40. The van der Waals surface area contributed by atoms with Gasteiger partial charge < -0.3 is 25.0 Å². The first-order valence-electron chi connectivity index (χ1n) is 12.9. The van der Waals surface area contributed by atoms with Crippen LogP contribution in [0.2, 0.25) is 0 Å². The Morgan fingerprint density at radius 1 is 1.16 bits per heavy atom. The van der Waals surface area contributed by atoms with Crippen LogP contribution in [0.15, 0.2) is 48.7 Å². The SMILES string of the molecule is COc1cc(C(=O)NCC(O)(c2cc3c(c(-c4ccc(F)cc4)n2)OC[C@]3(C)CF)C(F)(F)F)cc2cnc(CO)nc12. The molecular formula is C29H25F5N4O5. The largest absolute Gasteiger partial charge is 0.494 e. The smallest absolute Gasteiger partial charge is 0.424 e. The number of nitrogens with one attached hydrogen (secondary N) is 1. The average Bonchev–Trinajstić information content (AvgIpc) is 3.34. The van der Waals surface area contributed by atoms with E-state index < -0.39 is 54.4 Å². The Morgan fingerprint density at radius 3 is 2.51 bits per heavy atom. The number of carbonyl (C=O) groups is 1. The number of aliphatic hydroxyl groups is 2. The van der Waals surface area contributed by atoms with Gasteiger partial charge in [-0.05, 0) is 49.4 Å². The number of halogens is 5. The standard InChI is InChI=1S/C29H25F5N4O5/c1-27(12-30)14-43-25-19(27)9-21(37-24(25)15-3-5-18(31)6-4-15)28(41,29(32,33)34)13-36-26(40)16-7-17-10-35-22(11-39)38-23(17)20(8-16)42-2/h3-10,39,41H,11-14H2,1-2H3,(H,36,40)/t27-,28?/m0/s1. The zero-order chi connectivity index (χ0) is 31.2. The molecule has 1 unspecified atom stereocenters. The average molecular weight is 605 g/mol. The van der Waals surface area contributed by atoms with Crippen molar-refractivity contribution in [3.8, 4) is 22.8 Å². The first kappa shape index (κ1) is 30.0. The van der Waals surface area contributed by atoms with Crippen molar-refractivity contribution in [1.29, 1.82) is 0 Å². The fourth-order valence-electron chi connectivity index (χ4n) is 4.72. The molecule has 9 nitrogen and oxygen atoms in total. The minimum atomic E-state index is -5.36. The molecule has 0 bridgehead atoms. The van der Waals surface area contributed by atoms with Gasteiger partial charge in [0.15, 0.2) is 5.82 Å². The van der Waals surface area contributed by atoms with E-state index in [1.165, 1.54) is 44.5 Å². The third-order valence-electron chi connectivity index (χ3n) is 7.29. The monoisotopic (exact) mass is 604 g/mol. The second kappa shape index (κ2) is 11.0. The summed E-state index contributed by atoms with van der Waals surface area (Å²) >= 11 is 0. The van der Waals surface area contributed by atoms with Crippen molar-refractivity contribution in [2.24, 2.45) is 0 Å². The van der Waals surface area contributed by atoms with Crippen molar-refractivity contribution in [3.63, 3.8) is 0 Å². The highest BCUT2D eigenvalue weighted by atomic mass is 19.4. The molecule has 0 radical (unpaired) electrons. The normalized spacial score (nSPS) is 17.7. The van der Waals surface area contributed by atoms with E-state index in [-0.39, 0.29) is 51.8 Å². The molecule has 0 fully saturated rings. The molecule has 3 heterocycles. The topological polar surface area (TPSA) is 127 Å². The van der Waals surface area contributed by atoms with E-state index in [9.17, 15) is 37.0 Å². The number of aromatic nitrogens is 3. The van der Waals surface area contributed by atoms with Gasteiger partial charge in [0.1, 0.15) is 48.4 Å². The molecule has 2 atom stereocenters. The van der Waals surface area contributed by atoms with Gasteiger partial charge in [-0.25, -0.2) is 23.7 Å². The van der Waals surface area contributed by atoms with Gasteiger partial charge in [-0.2, -0.15) is 13.2 Å². The predicted octanol–water partition coefficient (Wildman–Crippen LogP) is 4.13. The van der Waals surface area contributed by atoms with Gasteiger partial charge in [-0.15, -0.1) is 0 Å². The molecule has 0 saturated carbocycles. The number of hydrogen-bond donors (Lipinski definition) is 3. The van der Waals surface area contributed by atoms with Crippen molar-refractivity contribution < 1.29 is 46.4 Å². The molecule has 43 heavy (non-hydrogen) atoms. The summed E-state index contributed by atoms with van der Waals surface area (Å²) in [6.07, 6.45) is -4.04. The van der Waals surface area contributed by atoms with Gasteiger partial charge >= 0.3 is 6.18 Å². The van der Waals surface area contributed by atoms with Crippen LogP contribution in [0.5, 0.6) is 11.5 Å². The zero-order valence-corrected chi connectivity index (χ0v) is 22.8. The number of carbonyl (C=O) groups excluding carboxylic acids is 1. The minimum Gasteiger partial charge on any atom is -0.494 e. The molecule has 226 valence electrons. The Morgan fingerprint density at radius 2 is 1.88 bits per heavy atom. The van der Waals surface area contributed by atoms with Crippen LogP contribution in [-0.4, -0.2) is 64.2 Å². The van der Waals surface area contributed by atoms with Crippen molar-refractivity contribution in [2.45, 2.75) is 30.7 Å². The number of methoxy groups -OCH3 is 1. The second-order valence-electron chi connectivity index (χ2n) is 10.3. The number of nitrogens with zero attached hydrogens (tertiary/aromatic N) is 3. The fraction of sp³-hybridized carbons (Fsp3) is 0.310. The van der Waals surface area contributed by atoms with Crippen LogP contribution in [0.25, 0.3) is 22.2 Å². The van der Waals surface area contributed by atoms with Crippen molar-refractivity contribution in [2.75, 3.05) is 26.9 Å². The Bertz CT molecular complexity index is 1700. The quantitative estimate of drug-likeness (QED) is 0.257. The van der Waals surface area contributed by atoms with E-state index in [2.05, 4.69) is 20.3 Å². The summed E-state index contributed by atoms with van der Waals surface area (Å²) in [4.78, 5) is 25.2. The van der Waals surface area contributed by atoms with Gasteiger partial charge in [0.05, 0.1) is 24.8 Å². The first-order valence-corrected chi connectivity index (χ1v) is 12.9. The number of amides is 1. The maximum absolute atomic E-state index is 14.6. The van der Waals surface area contributed by atoms with Crippen LogP contribution in [-0.2, 0) is 17.6 Å². The van der Waals surface area contributed by atoms with E-state index >= 15 is 0 Å². The molecule has 0 saturated heterocycles. The maximum atomic E-state index is 14.6. The zero-order valence-electron chi connectivity index (χ0n) is 22.8. The van der Waals surface area contributed by atoms with Gasteiger partial charge in [-0.1, -0.05) is 0 Å². The summed E-state index contributed by atoms with van der Waals surface area (Å²) < 4.78 is 82.5. The Kier molecular flexibility index (Phi) is 7.69. The summed E-state index contributed by atoms with van der Waals surface area (Å²) in [5, 5.41) is 22.9. The molecule has 2 aromatic heterocycles. The maximum Gasteiger partial charge on any atom is 0.424 e. The minimum absolute atomic E-state index is 0.0129. The lowest BCUT2D eigenvalue weighted by atomic mass is 9.83. The van der Waals surface area contributed by atoms with Crippen LogP contribution < -0.4 is 14.8 Å². The van der Waals surface area contributed by atoms with Crippen molar-refractivity contribution >= 4 is 16.8 Å². The highest BCUT2D eigenvalue weighted by molar-refractivity contribution is 5.99. The first-order chi connectivity index (χ1) is 20.3. The van der Waals surface area contributed by atoms with E-state index in [1.807, 2.05) is 0 Å². The molecule has 1 aliphatic rings. The number of ether oxygens (including phenoxy) is 2.